The number of piperidine rings is 2. The molecule has 7 rings (SSSR count). The molecular formula is C39H46ClF4N11O5. The van der Waals surface area contributed by atoms with E-state index in [9.17, 15) is 27.6 Å². The number of hydrogen-bond acceptors (Lipinski definition) is 12. The Morgan fingerprint density at radius 1 is 1.08 bits per heavy atom. The van der Waals surface area contributed by atoms with Crippen LogP contribution in [0.25, 0.3) is 5.65 Å². The van der Waals surface area contributed by atoms with Crippen LogP contribution in [0.15, 0.2) is 48.9 Å². The van der Waals surface area contributed by atoms with Crippen LogP contribution < -0.4 is 20.4 Å². The Balaban J connectivity index is 1.07. The molecule has 2 unspecified atom stereocenters. The van der Waals surface area contributed by atoms with Crippen molar-refractivity contribution in [3.05, 3.63) is 71.2 Å². The van der Waals surface area contributed by atoms with Gasteiger partial charge in [0.15, 0.2) is 10.8 Å². The number of hydroxylamine groups is 1. The van der Waals surface area contributed by atoms with Crippen LogP contribution in [0.5, 0.6) is 0 Å². The van der Waals surface area contributed by atoms with E-state index >= 15 is 4.39 Å². The maximum Gasteiger partial charge on any atom is 0.417 e. The SMILES string of the molecule is CCON(C(=O)N(c1cncc(C(F)(F)F)c1)c1cnc2cc(Cl)nn2c1[C@H](C)OC)N1CCCC(CN2CCN(c3ccc(NC4CCC(=O)NC4=O)c(F)c3)CC2)C1. The first-order chi connectivity index (χ1) is 28.7. The van der Waals surface area contributed by atoms with Gasteiger partial charge in [-0.3, -0.25) is 34.5 Å². The van der Waals surface area contributed by atoms with Crippen molar-refractivity contribution in [2.45, 2.75) is 57.9 Å². The summed E-state index contributed by atoms with van der Waals surface area (Å²) >= 11 is 6.24. The number of hydrogen-bond donors (Lipinski definition) is 2. The highest BCUT2D eigenvalue weighted by Crippen LogP contribution is 2.38. The molecule has 4 amide bonds. The van der Waals surface area contributed by atoms with Crippen molar-refractivity contribution in [3.63, 3.8) is 0 Å². The molecule has 0 spiro atoms. The van der Waals surface area contributed by atoms with Crippen LogP contribution in [0.4, 0.5) is 45.1 Å². The van der Waals surface area contributed by atoms with Gasteiger partial charge in [0, 0.05) is 77.3 Å². The smallest absolute Gasteiger partial charge is 0.375 e. The van der Waals surface area contributed by atoms with Crippen molar-refractivity contribution >= 4 is 57.8 Å². The molecule has 0 aliphatic carbocycles. The number of nitrogens with one attached hydrogen (secondary N) is 2. The first kappa shape index (κ1) is 43.0. The van der Waals surface area contributed by atoms with E-state index in [-0.39, 0.29) is 53.5 Å². The quantitative estimate of drug-likeness (QED) is 0.100. The lowest BCUT2D eigenvalue weighted by atomic mass is 9.98. The van der Waals surface area contributed by atoms with E-state index in [2.05, 4.69) is 35.5 Å². The molecule has 3 saturated heterocycles. The molecule has 322 valence electrons. The van der Waals surface area contributed by atoms with Gasteiger partial charge in [0.2, 0.25) is 11.8 Å². The van der Waals surface area contributed by atoms with Gasteiger partial charge in [-0.2, -0.15) is 23.3 Å². The average Bonchev–Trinajstić information content (AvgIpc) is 3.61. The van der Waals surface area contributed by atoms with Gasteiger partial charge in [-0.15, -0.1) is 5.17 Å². The molecule has 4 aromatic rings. The zero-order valence-electron chi connectivity index (χ0n) is 33.3. The monoisotopic (exact) mass is 859 g/mol. The van der Waals surface area contributed by atoms with Crippen LogP contribution in [-0.2, 0) is 25.3 Å². The number of carbonyl (C=O) groups excluding carboxylic acids is 3. The zero-order chi connectivity index (χ0) is 42.7. The first-order valence-electron chi connectivity index (χ1n) is 19.7. The largest absolute Gasteiger partial charge is 0.417 e. The normalized spacial score (nSPS) is 20.0. The summed E-state index contributed by atoms with van der Waals surface area (Å²) in [6.45, 7) is 7.74. The van der Waals surface area contributed by atoms with Gasteiger partial charge in [0.1, 0.15) is 11.9 Å². The van der Waals surface area contributed by atoms with Crippen molar-refractivity contribution in [2.75, 3.05) is 74.6 Å². The molecular weight excluding hydrogens is 814 g/mol. The number of pyridine rings is 1. The highest BCUT2D eigenvalue weighted by molar-refractivity contribution is 6.29. The third-order valence-electron chi connectivity index (χ3n) is 10.9. The van der Waals surface area contributed by atoms with Gasteiger partial charge in [-0.1, -0.05) is 11.6 Å². The molecule has 6 heterocycles. The Morgan fingerprint density at radius 2 is 1.87 bits per heavy atom. The van der Waals surface area contributed by atoms with E-state index in [0.29, 0.717) is 69.0 Å². The summed E-state index contributed by atoms with van der Waals surface area (Å²) in [4.78, 5) is 58.3. The molecule has 16 nitrogen and oxygen atoms in total. The van der Waals surface area contributed by atoms with Crippen LogP contribution in [0.2, 0.25) is 5.15 Å². The highest BCUT2D eigenvalue weighted by atomic mass is 35.5. The van der Waals surface area contributed by atoms with E-state index in [1.807, 2.05) is 0 Å². The van der Waals surface area contributed by atoms with Gasteiger partial charge < -0.3 is 15.0 Å². The lowest BCUT2D eigenvalue weighted by molar-refractivity contribution is -0.247. The van der Waals surface area contributed by atoms with Crippen LogP contribution in [0.3, 0.4) is 0 Å². The van der Waals surface area contributed by atoms with Crippen molar-refractivity contribution in [2.24, 2.45) is 5.92 Å². The number of halogens is 5. The number of urea groups is 1. The number of aromatic nitrogens is 4. The summed E-state index contributed by atoms with van der Waals surface area (Å²) in [5, 5.41) is 12.5. The number of imide groups is 1. The van der Waals surface area contributed by atoms with Crippen LogP contribution in [-0.4, -0.2) is 118 Å². The third kappa shape index (κ3) is 9.41. The van der Waals surface area contributed by atoms with Crippen LogP contribution >= 0.6 is 11.6 Å². The lowest BCUT2D eigenvalue weighted by Gasteiger charge is -2.43. The lowest BCUT2D eigenvalue weighted by Crippen LogP contribution is -2.56. The van der Waals surface area contributed by atoms with E-state index in [0.717, 1.165) is 29.0 Å². The Hall–Kier alpha value is -5.15. The number of fused-ring (bicyclic) bond motifs is 1. The number of anilines is 4. The molecule has 3 aromatic heterocycles. The number of alkyl halides is 3. The van der Waals surface area contributed by atoms with Gasteiger partial charge in [-0.25, -0.2) is 18.7 Å². The predicted octanol–water partition coefficient (Wildman–Crippen LogP) is 5.82. The fraction of sp³-hybridized carbons (Fsp3) is 0.487. The molecule has 2 N–H and O–H groups in total. The van der Waals surface area contributed by atoms with Gasteiger partial charge >= 0.3 is 12.2 Å². The molecule has 0 saturated carbocycles. The van der Waals surface area contributed by atoms with Gasteiger partial charge in [-0.05, 0) is 63.3 Å². The summed E-state index contributed by atoms with van der Waals surface area (Å²) in [5.74, 6) is -1.21. The van der Waals surface area contributed by atoms with Crippen LogP contribution in [0, 0.1) is 11.7 Å². The minimum atomic E-state index is -4.75. The number of nitrogens with zero attached hydrogens (tertiary/aromatic N) is 9. The molecule has 0 radical (unpaired) electrons. The molecule has 3 atom stereocenters. The van der Waals surface area contributed by atoms with Crippen molar-refractivity contribution in [1.82, 2.24) is 40.0 Å². The Bertz CT molecular complexity index is 2200. The van der Waals surface area contributed by atoms with Crippen molar-refractivity contribution in [1.29, 1.82) is 0 Å². The summed E-state index contributed by atoms with van der Waals surface area (Å²) < 4.78 is 64.4. The maximum atomic E-state index is 15.2. The molecule has 60 heavy (non-hydrogen) atoms. The summed E-state index contributed by atoms with van der Waals surface area (Å²) in [5.41, 5.74) is 0.380. The topological polar surface area (TPSA) is 153 Å². The second-order valence-electron chi connectivity index (χ2n) is 14.9. The maximum absolute atomic E-state index is 15.2. The number of piperazine rings is 1. The molecule has 3 fully saturated rings. The second kappa shape index (κ2) is 18.2. The molecule has 3 aliphatic rings. The number of methoxy groups -OCH3 is 1. The molecule has 1 aromatic carbocycles. The van der Waals surface area contributed by atoms with Gasteiger partial charge in [0.25, 0.3) is 0 Å². The fourth-order valence-corrected chi connectivity index (χ4v) is 8.02. The minimum absolute atomic E-state index is 0.0749. The Morgan fingerprint density at radius 3 is 2.57 bits per heavy atom. The second-order valence-corrected chi connectivity index (χ2v) is 15.3. The third-order valence-corrected chi connectivity index (χ3v) is 11.1. The van der Waals surface area contributed by atoms with Crippen molar-refractivity contribution < 1.29 is 41.5 Å². The van der Waals surface area contributed by atoms with E-state index in [1.165, 1.54) is 36.2 Å². The number of ether oxygens (including phenoxy) is 1. The number of benzene rings is 1. The molecule has 21 heteroatoms. The molecule has 0 bridgehead atoms. The van der Waals surface area contributed by atoms with Crippen LogP contribution in [0.1, 0.15) is 56.9 Å². The van der Waals surface area contributed by atoms with E-state index < -0.39 is 41.6 Å². The number of hydrazine groups is 1. The number of rotatable bonds is 12. The molecule has 3 aliphatic heterocycles. The average molecular weight is 860 g/mol. The van der Waals surface area contributed by atoms with E-state index in [4.69, 9.17) is 21.2 Å². The fourth-order valence-electron chi connectivity index (χ4n) is 7.85. The van der Waals surface area contributed by atoms with E-state index in [1.54, 1.807) is 31.0 Å². The number of carbonyl (C=O) groups is 3. The Labute approximate surface area is 348 Å². The summed E-state index contributed by atoms with van der Waals surface area (Å²) in [6, 6.07) is 5.71. The predicted molar refractivity (Wildman–Crippen MR) is 213 cm³/mol. The highest BCUT2D eigenvalue weighted by Gasteiger charge is 2.38. The summed E-state index contributed by atoms with van der Waals surface area (Å²) in [7, 11) is 1.45. The Kier molecular flexibility index (Phi) is 13.0. The summed E-state index contributed by atoms with van der Waals surface area (Å²) in [6.07, 6.45) is -0.202. The standard InChI is InChI=1S/C39H46ClF4N11O5/c1-4-60-55(38(58)53(28-16-26(19-45-20-28)39(42,43)44)32-21-46-34-18-33(40)49-54(34)36(32)24(2)59-3)52-11-5-6-25(23-52)22-50-12-14-51(15-13-50)27-7-8-30(29(41)17-27)47-31-9-10-35(56)48-37(31)57/h7-8,16-21,24-25,31,47H,4-6,9-15,22-23H2,1-3H3,(H,48,56,57)/t24-,25?,31?/m0/s1. The minimum Gasteiger partial charge on any atom is -0.375 e. The zero-order valence-corrected chi connectivity index (χ0v) is 34.0. The first-order valence-corrected chi connectivity index (χ1v) is 20.1. The van der Waals surface area contributed by atoms with Crippen molar-refractivity contribution in [3.8, 4) is 0 Å². The van der Waals surface area contributed by atoms with Gasteiger partial charge in [0.05, 0.1) is 53.4 Å². The number of amides is 4.